The second-order valence-corrected chi connectivity index (χ2v) is 13.8. The lowest BCUT2D eigenvalue weighted by atomic mass is 10.0. The van der Waals surface area contributed by atoms with E-state index < -0.39 is 60.7 Å². The second-order valence-electron chi connectivity index (χ2n) is 13.8. The van der Waals surface area contributed by atoms with Gasteiger partial charge in [0.05, 0.1) is 13.0 Å². The number of esters is 3. The zero-order valence-electron chi connectivity index (χ0n) is 33.3. The average molecular weight is 859 g/mol. The molecule has 16 heteroatoms. The molecule has 0 aliphatic rings. The maximum atomic E-state index is 11.8. The van der Waals surface area contributed by atoms with Crippen molar-refractivity contribution >= 4 is 47.9 Å². The summed E-state index contributed by atoms with van der Waals surface area (Å²) in [7, 11) is 1.67. The predicted molar refractivity (Wildman–Crippen MR) is 242 cm³/mol. The van der Waals surface area contributed by atoms with Crippen LogP contribution in [0.2, 0.25) is 0 Å². The van der Waals surface area contributed by atoms with Gasteiger partial charge in [0.25, 0.3) is 0 Å². The Hall–Kier alpha value is -4.08. The molecule has 0 saturated carbocycles. The highest BCUT2D eigenvalue weighted by Gasteiger charge is 2.25. The van der Waals surface area contributed by atoms with Crippen molar-refractivity contribution in [3.8, 4) is 0 Å². The SMILES string of the molecule is C.C.C.C.C.C.C.CCC(=O)NC(CC(C)C)C(=O)O.CCOC(=O)C(CC(C)C)NC(=O)CC(C)=O.CNC(CC(C)C)C(=O)OCOC(=O)C(CC(C)C)NC=O. The number of ketones is 1. The van der Waals surface area contributed by atoms with Crippen LogP contribution in [0.15, 0.2) is 0 Å². The fourth-order valence-electron chi connectivity index (χ4n) is 4.33. The Bertz CT molecular complexity index is 1100. The van der Waals surface area contributed by atoms with Gasteiger partial charge in [0.1, 0.15) is 30.0 Å². The molecule has 4 unspecified atom stereocenters. The molecule has 0 saturated heterocycles. The predicted octanol–water partition coefficient (Wildman–Crippen LogP) is 7.35. The molecule has 0 aromatic carbocycles. The number of hydrogen-bond donors (Lipinski definition) is 5. The molecule has 0 spiro atoms. The Balaban J connectivity index is -0.0000000741. The third kappa shape index (κ3) is 46.5. The first-order valence-electron chi connectivity index (χ1n) is 17.8. The summed E-state index contributed by atoms with van der Waals surface area (Å²) in [6, 6.07) is -2.57. The number of rotatable bonds is 23. The van der Waals surface area contributed by atoms with E-state index >= 15 is 0 Å². The summed E-state index contributed by atoms with van der Waals surface area (Å²) in [4.78, 5) is 89.5. The fourth-order valence-corrected chi connectivity index (χ4v) is 4.33. The van der Waals surface area contributed by atoms with Crippen molar-refractivity contribution in [2.24, 2.45) is 23.7 Å². The van der Waals surface area contributed by atoms with Crippen LogP contribution in [0, 0.1) is 23.7 Å². The van der Waals surface area contributed by atoms with Crippen molar-refractivity contribution in [1.29, 1.82) is 0 Å². The summed E-state index contributed by atoms with van der Waals surface area (Å²) in [6.45, 7) is 20.2. The molecule has 358 valence electrons. The van der Waals surface area contributed by atoms with Crippen molar-refractivity contribution in [2.45, 2.75) is 191 Å². The van der Waals surface area contributed by atoms with Crippen molar-refractivity contribution in [1.82, 2.24) is 21.3 Å². The van der Waals surface area contributed by atoms with Crippen LogP contribution in [0.4, 0.5) is 0 Å². The molecule has 0 heterocycles. The standard InChI is InChI=1S/C15H28N2O5.C12H21NO4.C9H17NO3.7CH4/c1-10(2)6-12(16-5)14(19)21-9-22-15(20)13(17-8-18)7-11(3)4;1-5-17-12(16)10(6-8(2)3)13-11(15)7-9(4)14;1-4-8(11)10-7(9(12)13)5-6(2)3;;;;;;;/h8,10-13,16H,6-7,9H2,1-5H3,(H,17,18);8,10H,5-7H2,1-4H3,(H,13,15);6-7H,4-5H2,1-3H3,(H,10,11)(H,12,13);7*1H4. The molecular weight excluding hydrogens is 764 g/mol. The van der Waals surface area contributed by atoms with E-state index in [1.54, 1.807) is 20.9 Å². The molecule has 0 fully saturated rings. The smallest absolute Gasteiger partial charge is 0.331 e. The van der Waals surface area contributed by atoms with Crippen molar-refractivity contribution in [2.75, 3.05) is 20.4 Å². The summed E-state index contributed by atoms with van der Waals surface area (Å²) in [5, 5.41) is 19.0. The van der Waals surface area contributed by atoms with E-state index in [1.807, 2.05) is 55.4 Å². The number of aliphatic carboxylic acids is 1. The minimum atomic E-state index is -0.962. The van der Waals surface area contributed by atoms with Gasteiger partial charge in [-0.25, -0.2) is 14.4 Å². The molecule has 59 heavy (non-hydrogen) atoms. The van der Waals surface area contributed by atoms with Crippen LogP contribution in [0.5, 0.6) is 0 Å². The van der Waals surface area contributed by atoms with Crippen molar-refractivity contribution < 1.29 is 57.7 Å². The molecule has 0 aliphatic heterocycles. The summed E-state index contributed by atoms with van der Waals surface area (Å²) >= 11 is 0. The van der Waals surface area contributed by atoms with Crippen LogP contribution in [0.3, 0.4) is 0 Å². The highest BCUT2D eigenvalue weighted by Crippen LogP contribution is 2.09. The highest BCUT2D eigenvalue weighted by atomic mass is 16.7. The number of Topliss-reactive ketones (excluding diaryl/α,β-unsaturated/α-hetero) is 1. The Morgan fingerprint density at radius 2 is 0.915 bits per heavy atom. The van der Waals surface area contributed by atoms with Gasteiger partial charge in [-0.3, -0.25) is 24.0 Å². The van der Waals surface area contributed by atoms with E-state index in [-0.39, 0.29) is 94.5 Å². The Labute approximate surface area is 361 Å². The van der Waals surface area contributed by atoms with Crippen LogP contribution >= 0.6 is 0 Å². The Morgan fingerprint density at radius 3 is 1.25 bits per heavy atom. The number of likely N-dealkylation sites (N-methyl/N-ethyl adjacent to an activating group) is 1. The van der Waals surface area contributed by atoms with Crippen LogP contribution in [-0.4, -0.2) is 97.6 Å². The van der Waals surface area contributed by atoms with Gasteiger partial charge in [0, 0.05) is 6.42 Å². The minimum absolute atomic E-state index is 0. The lowest BCUT2D eigenvalue weighted by Crippen LogP contribution is -2.43. The van der Waals surface area contributed by atoms with E-state index in [9.17, 15) is 38.4 Å². The second kappa shape index (κ2) is 46.6. The third-order valence-corrected chi connectivity index (χ3v) is 6.69. The van der Waals surface area contributed by atoms with Gasteiger partial charge in [-0.05, 0) is 70.3 Å². The zero-order valence-corrected chi connectivity index (χ0v) is 33.3. The van der Waals surface area contributed by atoms with Crippen molar-refractivity contribution in [3.05, 3.63) is 0 Å². The lowest BCUT2D eigenvalue weighted by Gasteiger charge is -2.19. The molecule has 0 rings (SSSR count). The largest absolute Gasteiger partial charge is 0.480 e. The molecule has 5 N–H and O–H groups in total. The monoisotopic (exact) mass is 859 g/mol. The van der Waals surface area contributed by atoms with E-state index in [0.29, 0.717) is 44.4 Å². The summed E-state index contributed by atoms with van der Waals surface area (Å²) in [5.74, 6) is -2.30. The minimum Gasteiger partial charge on any atom is -0.480 e. The molecule has 0 aliphatic carbocycles. The zero-order chi connectivity index (χ0) is 41.0. The quantitative estimate of drug-likeness (QED) is 0.0293. The number of ether oxygens (including phenoxy) is 3. The number of amides is 3. The lowest BCUT2D eigenvalue weighted by molar-refractivity contribution is -0.171. The molecule has 0 radical (unpaired) electrons. The summed E-state index contributed by atoms with van der Waals surface area (Å²) < 4.78 is 14.7. The normalized spacial score (nSPS) is 11.3. The molecular formula is C43H94N4O12. The van der Waals surface area contributed by atoms with Gasteiger partial charge in [-0.1, -0.05) is 114 Å². The summed E-state index contributed by atoms with van der Waals surface area (Å²) in [5.41, 5.74) is 0. The number of carboxylic acid groups (broad SMARTS) is 1. The van der Waals surface area contributed by atoms with E-state index in [0.717, 1.165) is 0 Å². The molecule has 0 aromatic rings. The van der Waals surface area contributed by atoms with Crippen molar-refractivity contribution in [3.63, 3.8) is 0 Å². The fraction of sp³-hybridized carbons (Fsp3) is 0.814. The molecule has 3 amide bonds. The van der Waals surface area contributed by atoms with Crippen LogP contribution in [-0.2, 0) is 52.6 Å². The number of carboxylic acids is 1. The Morgan fingerprint density at radius 1 is 0.559 bits per heavy atom. The maximum absolute atomic E-state index is 11.8. The molecule has 4 atom stereocenters. The topological polar surface area (TPSA) is 233 Å². The number of carbonyl (C=O) groups excluding carboxylic acids is 7. The molecule has 0 bridgehead atoms. The highest BCUT2D eigenvalue weighted by molar-refractivity contribution is 5.98. The number of hydrogen-bond acceptors (Lipinski definition) is 12. The summed E-state index contributed by atoms with van der Waals surface area (Å²) in [6.07, 6.45) is 2.64. The first kappa shape index (κ1) is 79.1. The average Bonchev–Trinajstić information content (AvgIpc) is 3.02. The molecule has 0 aromatic heterocycles. The van der Waals surface area contributed by atoms with Gasteiger partial charge < -0.3 is 40.6 Å². The Kier molecular flexibility index (Phi) is 62.5. The maximum Gasteiger partial charge on any atom is 0.331 e. The van der Waals surface area contributed by atoms with E-state index in [2.05, 4.69) is 21.3 Å². The van der Waals surface area contributed by atoms with E-state index in [1.165, 1.54) is 6.92 Å². The van der Waals surface area contributed by atoms with E-state index in [4.69, 9.17) is 19.3 Å². The van der Waals surface area contributed by atoms with Gasteiger partial charge >= 0.3 is 23.9 Å². The first-order valence-corrected chi connectivity index (χ1v) is 17.8. The number of carbonyl (C=O) groups is 8. The molecule has 16 nitrogen and oxygen atoms in total. The van der Waals surface area contributed by atoms with Gasteiger partial charge in [0.15, 0.2) is 0 Å². The first-order chi connectivity index (χ1) is 24.1. The van der Waals surface area contributed by atoms with Crippen LogP contribution < -0.4 is 21.3 Å². The number of nitrogens with one attached hydrogen (secondary N) is 4. The third-order valence-electron chi connectivity index (χ3n) is 6.69. The van der Waals surface area contributed by atoms with Gasteiger partial charge in [-0.15, -0.1) is 0 Å². The van der Waals surface area contributed by atoms with Crippen LogP contribution in [0.25, 0.3) is 0 Å². The van der Waals surface area contributed by atoms with Crippen LogP contribution in [0.1, 0.15) is 167 Å². The van der Waals surface area contributed by atoms with Gasteiger partial charge in [-0.2, -0.15) is 0 Å². The van der Waals surface area contributed by atoms with Gasteiger partial charge in [0.2, 0.25) is 25.0 Å².